The summed E-state index contributed by atoms with van der Waals surface area (Å²) in [6, 6.07) is 0. The van der Waals surface area contributed by atoms with Crippen LogP contribution < -0.4 is 0 Å². The van der Waals surface area contributed by atoms with Crippen LogP contribution in [0.25, 0.3) is 0 Å². The Morgan fingerprint density at radius 1 is 1.18 bits per heavy atom. The van der Waals surface area contributed by atoms with Crippen LogP contribution in [0.15, 0.2) is 23.7 Å². The lowest BCUT2D eigenvalue weighted by Gasteiger charge is -2.28. The number of hydrogen-bond donors (Lipinski definition) is 0. The van der Waals surface area contributed by atoms with Crippen molar-refractivity contribution in [1.29, 1.82) is 0 Å². The Morgan fingerprint density at radius 3 is 2.12 bits per heavy atom. The zero-order valence-electron chi connectivity index (χ0n) is 10.9. The van der Waals surface area contributed by atoms with Crippen LogP contribution in [0.2, 0.25) is 0 Å². The molecule has 0 aromatic rings. The molecule has 96 valence electrons. The van der Waals surface area contributed by atoms with Crippen LogP contribution in [-0.4, -0.2) is 32.2 Å². The third-order valence-corrected chi connectivity index (χ3v) is 2.63. The van der Waals surface area contributed by atoms with E-state index in [9.17, 15) is 4.79 Å². The van der Waals surface area contributed by atoms with E-state index in [1.54, 1.807) is 12.2 Å². The number of hydrogen-bond acceptors (Lipinski definition) is 4. The van der Waals surface area contributed by atoms with Gasteiger partial charge in [-0.05, 0) is 25.5 Å². The van der Waals surface area contributed by atoms with Crippen LogP contribution in [0.3, 0.4) is 0 Å². The third-order valence-electron chi connectivity index (χ3n) is 2.63. The number of carbonyl (C=O) groups is 1. The van der Waals surface area contributed by atoms with Crippen LogP contribution >= 0.6 is 0 Å². The van der Waals surface area contributed by atoms with Crippen molar-refractivity contribution in [3.05, 3.63) is 23.7 Å². The first-order chi connectivity index (χ1) is 8.06. The average Bonchev–Trinajstić information content (AvgIpc) is 2.32. The zero-order valence-corrected chi connectivity index (χ0v) is 10.9. The molecule has 0 radical (unpaired) electrons. The molecule has 0 heterocycles. The van der Waals surface area contributed by atoms with E-state index < -0.39 is 5.60 Å². The number of ketones is 1. The van der Waals surface area contributed by atoms with Crippen LogP contribution in [0, 0.1) is 0 Å². The Bertz CT molecular complexity index is 317. The topological polar surface area (TPSA) is 44.8 Å². The normalized spacial score (nSPS) is 18.5. The second kappa shape index (κ2) is 5.87. The zero-order chi connectivity index (χ0) is 12.9. The van der Waals surface area contributed by atoms with Gasteiger partial charge in [-0.15, -0.1) is 0 Å². The first kappa shape index (κ1) is 13.8. The Labute approximate surface area is 102 Å². The molecule has 0 fully saturated rings. The van der Waals surface area contributed by atoms with Gasteiger partial charge in [0.1, 0.15) is 5.60 Å². The fourth-order valence-electron chi connectivity index (χ4n) is 1.64. The van der Waals surface area contributed by atoms with Crippen molar-refractivity contribution in [2.24, 2.45) is 0 Å². The SMILES string of the molecule is CCCCOC1(C)C=C(OC)C(=O)C(OC)=C1. The molecule has 0 saturated heterocycles. The standard InChI is InChI=1S/C13H20O4/c1-5-6-7-17-13(2)8-10(15-3)12(14)11(9-13)16-4/h8-9H,5-7H2,1-4H3. The minimum atomic E-state index is -0.639. The molecular weight excluding hydrogens is 220 g/mol. The van der Waals surface area contributed by atoms with Crippen molar-refractivity contribution in [3.8, 4) is 0 Å². The van der Waals surface area contributed by atoms with Gasteiger partial charge in [0.2, 0.25) is 0 Å². The highest BCUT2D eigenvalue weighted by atomic mass is 16.5. The molecule has 0 spiro atoms. The number of ether oxygens (including phenoxy) is 3. The van der Waals surface area contributed by atoms with E-state index in [0.29, 0.717) is 6.61 Å². The van der Waals surface area contributed by atoms with Crippen molar-refractivity contribution in [2.45, 2.75) is 32.3 Å². The summed E-state index contributed by atoms with van der Waals surface area (Å²) in [5.74, 6) is 0.290. The monoisotopic (exact) mass is 240 g/mol. The molecule has 4 nitrogen and oxygen atoms in total. The molecule has 0 atom stereocenters. The van der Waals surface area contributed by atoms with Gasteiger partial charge in [-0.2, -0.15) is 0 Å². The van der Waals surface area contributed by atoms with Crippen molar-refractivity contribution < 1.29 is 19.0 Å². The fraction of sp³-hybridized carbons (Fsp3) is 0.615. The van der Waals surface area contributed by atoms with E-state index in [1.807, 2.05) is 6.92 Å². The Kier molecular flexibility index (Phi) is 4.75. The molecule has 4 heteroatoms. The van der Waals surface area contributed by atoms with Gasteiger partial charge in [-0.25, -0.2) is 0 Å². The molecule has 0 N–H and O–H groups in total. The van der Waals surface area contributed by atoms with Crippen LogP contribution in [0.4, 0.5) is 0 Å². The maximum Gasteiger partial charge on any atom is 0.261 e. The van der Waals surface area contributed by atoms with Crippen molar-refractivity contribution in [3.63, 3.8) is 0 Å². The molecule has 0 bridgehead atoms. The van der Waals surface area contributed by atoms with Gasteiger partial charge in [0.05, 0.1) is 14.2 Å². The highest BCUT2D eigenvalue weighted by Crippen LogP contribution is 2.27. The Hall–Kier alpha value is -1.29. The van der Waals surface area contributed by atoms with Crippen molar-refractivity contribution in [2.75, 3.05) is 20.8 Å². The average molecular weight is 240 g/mol. The first-order valence-corrected chi connectivity index (χ1v) is 5.78. The fourth-order valence-corrected chi connectivity index (χ4v) is 1.64. The maximum absolute atomic E-state index is 11.8. The summed E-state index contributed by atoms with van der Waals surface area (Å²) in [4.78, 5) is 11.8. The van der Waals surface area contributed by atoms with E-state index in [0.717, 1.165) is 12.8 Å². The summed E-state index contributed by atoms with van der Waals surface area (Å²) in [6.45, 7) is 4.62. The van der Waals surface area contributed by atoms with E-state index in [2.05, 4.69) is 6.92 Å². The second-order valence-electron chi connectivity index (χ2n) is 4.14. The highest BCUT2D eigenvalue weighted by molar-refractivity contribution is 6.06. The van der Waals surface area contributed by atoms with Crippen LogP contribution in [0.1, 0.15) is 26.7 Å². The lowest BCUT2D eigenvalue weighted by molar-refractivity contribution is -0.118. The van der Waals surface area contributed by atoms with E-state index in [-0.39, 0.29) is 17.3 Å². The summed E-state index contributed by atoms with van der Waals surface area (Å²) in [5.41, 5.74) is -0.639. The van der Waals surface area contributed by atoms with Gasteiger partial charge >= 0.3 is 0 Å². The molecule has 1 rings (SSSR count). The van der Waals surface area contributed by atoms with Gasteiger partial charge in [-0.3, -0.25) is 4.79 Å². The molecule has 0 aliphatic heterocycles. The largest absolute Gasteiger partial charge is 0.493 e. The molecule has 17 heavy (non-hydrogen) atoms. The number of Topliss-reactive ketones (excluding diaryl/α,β-unsaturated/α-hetero) is 1. The van der Waals surface area contributed by atoms with E-state index in [4.69, 9.17) is 14.2 Å². The van der Waals surface area contributed by atoms with Crippen LogP contribution in [-0.2, 0) is 19.0 Å². The smallest absolute Gasteiger partial charge is 0.261 e. The summed E-state index contributed by atoms with van der Waals surface area (Å²) < 4.78 is 15.9. The Morgan fingerprint density at radius 2 is 1.71 bits per heavy atom. The molecule has 0 amide bonds. The highest BCUT2D eigenvalue weighted by Gasteiger charge is 2.32. The van der Waals surface area contributed by atoms with Gasteiger partial charge in [0.25, 0.3) is 5.78 Å². The number of unbranched alkanes of at least 4 members (excludes halogenated alkanes) is 1. The van der Waals surface area contributed by atoms with E-state index >= 15 is 0 Å². The van der Waals surface area contributed by atoms with Crippen LogP contribution in [0.5, 0.6) is 0 Å². The quantitative estimate of drug-likeness (QED) is 0.668. The minimum Gasteiger partial charge on any atom is -0.493 e. The molecule has 0 aromatic carbocycles. The van der Waals surface area contributed by atoms with Crippen molar-refractivity contribution >= 4 is 5.78 Å². The van der Waals surface area contributed by atoms with Gasteiger partial charge in [-0.1, -0.05) is 13.3 Å². The van der Waals surface area contributed by atoms with Gasteiger partial charge in [0.15, 0.2) is 11.5 Å². The summed E-state index contributed by atoms with van der Waals surface area (Å²) in [5, 5.41) is 0. The summed E-state index contributed by atoms with van der Waals surface area (Å²) in [6.07, 6.45) is 5.42. The van der Waals surface area contributed by atoms with Gasteiger partial charge < -0.3 is 14.2 Å². The number of rotatable bonds is 6. The third kappa shape index (κ3) is 3.33. The molecule has 0 unspecified atom stereocenters. The number of methoxy groups -OCH3 is 2. The lowest BCUT2D eigenvalue weighted by atomic mass is 9.96. The predicted octanol–water partition coefficient (Wildman–Crippen LogP) is 2.21. The molecule has 1 aliphatic carbocycles. The lowest BCUT2D eigenvalue weighted by Crippen LogP contribution is -2.31. The molecule has 0 saturated carbocycles. The van der Waals surface area contributed by atoms with E-state index in [1.165, 1.54) is 14.2 Å². The molecule has 0 aromatic heterocycles. The predicted molar refractivity (Wildman–Crippen MR) is 64.5 cm³/mol. The Balaban J connectivity index is 2.86. The van der Waals surface area contributed by atoms with Crippen molar-refractivity contribution in [1.82, 2.24) is 0 Å². The molecular formula is C13H20O4. The summed E-state index contributed by atoms with van der Waals surface area (Å²) >= 11 is 0. The van der Waals surface area contributed by atoms with Gasteiger partial charge in [0, 0.05) is 6.61 Å². The number of carbonyl (C=O) groups excluding carboxylic acids is 1. The summed E-state index contributed by atoms with van der Waals surface area (Å²) in [7, 11) is 2.93. The maximum atomic E-state index is 11.8. The molecule has 1 aliphatic rings. The second-order valence-corrected chi connectivity index (χ2v) is 4.14. The first-order valence-electron chi connectivity index (χ1n) is 5.78. The minimum absolute atomic E-state index is 0.244.